The number of hydrogen-bond donors (Lipinski definition) is 1. The van der Waals surface area contributed by atoms with Crippen molar-refractivity contribution in [3.8, 4) is 0 Å². The Kier molecular flexibility index (Phi) is 5.05. The molecule has 0 spiro atoms. The average molecular weight is 228 g/mol. The predicted molar refractivity (Wildman–Crippen MR) is 65.6 cm³/mol. The summed E-state index contributed by atoms with van der Waals surface area (Å²) in [7, 11) is 0. The van der Waals surface area contributed by atoms with Crippen LogP contribution in [0.2, 0.25) is 0 Å². The van der Waals surface area contributed by atoms with Crippen molar-refractivity contribution in [3.63, 3.8) is 0 Å². The minimum atomic E-state index is 0.116. The highest BCUT2D eigenvalue weighted by Crippen LogP contribution is 2.26. The average Bonchev–Trinajstić information content (AvgIpc) is 2.68. The predicted octanol–water partition coefficient (Wildman–Crippen LogP) is 2.43. The first-order chi connectivity index (χ1) is 7.26. The lowest BCUT2D eigenvalue weighted by atomic mass is 10.3. The van der Waals surface area contributed by atoms with Gasteiger partial charge in [0, 0.05) is 13.1 Å². The molecule has 0 saturated carbocycles. The fourth-order valence-corrected chi connectivity index (χ4v) is 2.66. The zero-order valence-electron chi connectivity index (χ0n) is 9.79. The molecule has 1 aromatic rings. The van der Waals surface area contributed by atoms with E-state index in [0.717, 1.165) is 41.6 Å². The van der Waals surface area contributed by atoms with Gasteiger partial charge in [0.1, 0.15) is 0 Å². The van der Waals surface area contributed by atoms with Gasteiger partial charge >= 0.3 is 0 Å². The monoisotopic (exact) mass is 228 g/mol. The lowest BCUT2D eigenvalue weighted by Gasteiger charge is -2.18. The number of anilines is 1. The van der Waals surface area contributed by atoms with Crippen molar-refractivity contribution >= 4 is 16.5 Å². The standard InChI is InChI=1S/C11H20N2OS/c1-4-7-13(6-3)11-12-9(5-2)10(8-14)15-11/h14H,4-8H2,1-3H3. The lowest BCUT2D eigenvalue weighted by Crippen LogP contribution is -2.23. The Bertz CT molecular complexity index is 277. The summed E-state index contributed by atoms with van der Waals surface area (Å²) in [4.78, 5) is 7.86. The minimum Gasteiger partial charge on any atom is -0.391 e. The van der Waals surface area contributed by atoms with Crippen LogP contribution in [0.1, 0.15) is 37.8 Å². The van der Waals surface area contributed by atoms with E-state index in [-0.39, 0.29) is 6.61 Å². The first-order valence-electron chi connectivity index (χ1n) is 5.61. The normalized spacial score (nSPS) is 10.7. The van der Waals surface area contributed by atoms with Crippen LogP contribution in [0.15, 0.2) is 0 Å². The summed E-state index contributed by atoms with van der Waals surface area (Å²) in [5, 5.41) is 10.3. The van der Waals surface area contributed by atoms with Crippen LogP contribution in [0.4, 0.5) is 5.13 Å². The van der Waals surface area contributed by atoms with E-state index < -0.39 is 0 Å². The molecule has 0 aromatic carbocycles. The van der Waals surface area contributed by atoms with Crippen molar-refractivity contribution in [1.82, 2.24) is 4.98 Å². The number of aromatic nitrogens is 1. The van der Waals surface area contributed by atoms with Crippen LogP contribution < -0.4 is 4.90 Å². The van der Waals surface area contributed by atoms with Crippen molar-refractivity contribution in [2.45, 2.75) is 40.2 Å². The molecule has 0 aliphatic rings. The second kappa shape index (κ2) is 6.08. The lowest BCUT2D eigenvalue weighted by molar-refractivity contribution is 0.284. The molecule has 0 fully saturated rings. The summed E-state index contributed by atoms with van der Waals surface area (Å²) in [5.41, 5.74) is 1.05. The van der Waals surface area contributed by atoms with Gasteiger partial charge < -0.3 is 10.0 Å². The maximum Gasteiger partial charge on any atom is 0.185 e. The van der Waals surface area contributed by atoms with Gasteiger partial charge in [-0.1, -0.05) is 25.2 Å². The topological polar surface area (TPSA) is 36.4 Å². The Balaban J connectivity index is 2.87. The molecular weight excluding hydrogens is 208 g/mol. The highest BCUT2D eigenvalue weighted by molar-refractivity contribution is 7.15. The molecule has 1 heterocycles. The van der Waals surface area contributed by atoms with Gasteiger partial charge in [-0.2, -0.15) is 0 Å². The molecule has 0 aliphatic carbocycles. The number of aliphatic hydroxyl groups is 1. The smallest absolute Gasteiger partial charge is 0.185 e. The van der Waals surface area contributed by atoms with Crippen LogP contribution in [-0.4, -0.2) is 23.2 Å². The Morgan fingerprint density at radius 1 is 1.33 bits per heavy atom. The van der Waals surface area contributed by atoms with E-state index in [0.29, 0.717) is 0 Å². The summed E-state index contributed by atoms with van der Waals surface area (Å²) in [6, 6.07) is 0. The molecule has 4 heteroatoms. The largest absolute Gasteiger partial charge is 0.391 e. The van der Waals surface area contributed by atoms with Crippen molar-refractivity contribution in [2.24, 2.45) is 0 Å². The summed E-state index contributed by atoms with van der Waals surface area (Å²) < 4.78 is 0. The number of nitrogens with zero attached hydrogens (tertiary/aromatic N) is 2. The van der Waals surface area contributed by atoms with Gasteiger partial charge in [-0.15, -0.1) is 0 Å². The molecule has 1 rings (SSSR count). The van der Waals surface area contributed by atoms with Crippen molar-refractivity contribution < 1.29 is 5.11 Å². The Labute approximate surface area is 95.8 Å². The van der Waals surface area contributed by atoms with Crippen LogP contribution in [0.25, 0.3) is 0 Å². The zero-order chi connectivity index (χ0) is 11.3. The van der Waals surface area contributed by atoms with E-state index in [1.165, 1.54) is 0 Å². The molecule has 0 bridgehead atoms. The molecule has 0 saturated heterocycles. The van der Waals surface area contributed by atoms with E-state index in [1.807, 2.05) is 0 Å². The van der Waals surface area contributed by atoms with Gasteiger partial charge in [-0.05, 0) is 19.8 Å². The SMILES string of the molecule is CCCN(CC)c1nc(CC)c(CO)s1. The molecule has 86 valence electrons. The van der Waals surface area contributed by atoms with Crippen LogP contribution >= 0.6 is 11.3 Å². The molecule has 1 aromatic heterocycles. The molecule has 0 aliphatic heterocycles. The maximum atomic E-state index is 9.20. The first-order valence-corrected chi connectivity index (χ1v) is 6.42. The Hall–Kier alpha value is -0.610. The Morgan fingerprint density at radius 2 is 2.07 bits per heavy atom. The number of rotatable bonds is 6. The summed E-state index contributed by atoms with van der Waals surface area (Å²) in [6.45, 7) is 8.53. The quantitative estimate of drug-likeness (QED) is 0.812. The second-order valence-electron chi connectivity index (χ2n) is 3.46. The highest BCUT2D eigenvalue weighted by Gasteiger charge is 2.12. The Morgan fingerprint density at radius 3 is 2.47 bits per heavy atom. The van der Waals surface area contributed by atoms with Crippen molar-refractivity contribution in [1.29, 1.82) is 0 Å². The van der Waals surface area contributed by atoms with E-state index >= 15 is 0 Å². The van der Waals surface area contributed by atoms with Crippen molar-refractivity contribution in [2.75, 3.05) is 18.0 Å². The van der Waals surface area contributed by atoms with E-state index in [1.54, 1.807) is 11.3 Å². The van der Waals surface area contributed by atoms with Gasteiger partial charge in [0.25, 0.3) is 0 Å². The third-order valence-electron chi connectivity index (χ3n) is 2.39. The summed E-state index contributed by atoms with van der Waals surface area (Å²) >= 11 is 1.62. The second-order valence-corrected chi connectivity index (χ2v) is 4.52. The van der Waals surface area contributed by atoms with Gasteiger partial charge in [0.15, 0.2) is 5.13 Å². The molecule has 3 nitrogen and oxygen atoms in total. The van der Waals surface area contributed by atoms with Gasteiger partial charge in [-0.3, -0.25) is 0 Å². The molecule has 0 radical (unpaired) electrons. The van der Waals surface area contributed by atoms with E-state index in [9.17, 15) is 5.11 Å². The maximum absolute atomic E-state index is 9.20. The first kappa shape index (κ1) is 12.5. The van der Waals surface area contributed by atoms with Crippen LogP contribution in [0.3, 0.4) is 0 Å². The third-order valence-corrected chi connectivity index (χ3v) is 3.53. The van der Waals surface area contributed by atoms with Gasteiger partial charge in [0.05, 0.1) is 17.2 Å². The van der Waals surface area contributed by atoms with Crippen LogP contribution in [0.5, 0.6) is 0 Å². The fraction of sp³-hybridized carbons (Fsp3) is 0.727. The van der Waals surface area contributed by atoms with Gasteiger partial charge in [0.2, 0.25) is 0 Å². The van der Waals surface area contributed by atoms with Crippen LogP contribution in [-0.2, 0) is 13.0 Å². The number of thiazole rings is 1. The minimum absolute atomic E-state index is 0.116. The highest BCUT2D eigenvalue weighted by atomic mass is 32.1. The third kappa shape index (κ3) is 2.92. The molecule has 15 heavy (non-hydrogen) atoms. The zero-order valence-corrected chi connectivity index (χ0v) is 10.6. The van der Waals surface area contributed by atoms with Crippen LogP contribution in [0, 0.1) is 0 Å². The number of aliphatic hydroxyl groups excluding tert-OH is 1. The van der Waals surface area contributed by atoms with Crippen molar-refractivity contribution in [3.05, 3.63) is 10.6 Å². The molecule has 0 atom stereocenters. The summed E-state index contributed by atoms with van der Waals surface area (Å²) in [5.74, 6) is 0. The molecule has 1 N–H and O–H groups in total. The van der Waals surface area contributed by atoms with Gasteiger partial charge in [-0.25, -0.2) is 4.98 Å². The van der Waals surface area contributed by atoms with E-state index in [2.05, 4.69) is 30.7 Å². The number of hydrogen-bond acceptors (Lipinski definition) is 4. The summed E-state index contributed by atoms with van der Waals surface area (Å²) in [6.07, 6.45) is 2.03. The van der Waals surface area contributed by atoms with E-state index in [4.69, 9.17) is 0 Å². The molecule has 0 unspecified atom stereocenters. The molecule has 0 amide bonds. The fourth-order valence-electron chi connectivity index (χ4n) is 1.56. The molecular formula is C11H20N2OS. The number of aryl methyl sites for hydroxylation is 1.